The Kier molecular flexibility index (Phi) is 5.21. The van der Waals surface area contributed by atoms with Gasteiger partial charge in [0, 0.05) is 25.1 Å². The number of benzene rings is 2. The Morgan fingerprint density at radius 3 is 2.21 bits per heavy atom. The first-order valence-corrected chi connectivity index (χ1v) is 9.94. The van der Waals surface area contributed by atoms with Crippen LogP contribution in [-0.4, -0.2) is 43.2 Å². The maximum Gasteiger partial charge on any atom is 0.226 e. The molecule has 1 amide bonds. The van der Waals surface area contributed by atoms with Crippen LogP contribution in [0.4, 0.5) is 4.39 Å². The van der Waals surface area contributed by atoms with E-state index in [1.54, 1.807) is 32.4 Å². The van der Waals surface area contributed by atoms with Crippen molar-refractivity contribution in [1.82, 2.24) is 4.90 Å². The highest BCUT2D eigenvalue weighted by molar-refractivity contribution is 5.83. The molecule has 1 aliphatic carbocycles. The zero-order valence-electron chi connectivity index (χ0n) is 16.7. The smallest absolute Gasteiger partial charge is 0.226 e. The molecule has 1 saturated carbocycles. The summed E-state index contributed by atoms with van der Waals surface area (Å²) in [5.41, 5.74) is 0.747. The zero-order valence-corrected chi connectivity index (χ0v) is 16.7. The fraction of sp³-hybridized carbons (Fsp3) is 0.435. The summed E-state index contributed by atoms with van der Waals surface area (Å²) in [6.45, 7) is 1.00. The number of halogens is 1. The second-order valence-corrected chi connectivity index (χ2v) is 7.96. The lowest BCUT2D eigenvalue weighted by atomic mass is 9.84. The number of hydrogen-bond acceptors (Lipinski definition) is 4. The summed E-state index contributed by atoms with van der Waals surface area (Å²) in [5.74, 6) is 1.26. The van der Waals surface area contributed by atoms with Crippen LogP contribution in [0.1, 0.15) is 36.3 Å². The fourth-order valence-corrected chi connectivity index (χ4v) is 4.24. The molecule has 1 heterocycles. The third kappa shape index (κ3) is 3.94. The molecule has 29 heavy (non-hydrogen) atoms. The second kappa shape index (κ2) is 7.67. The van der Waals surface area contributed by atoms with Gasteiger partial charge in [-0.05, 0) is 60.6 Å². The van der Waals surface area contributed by atoms with Crippen LogP contribution in [-0.2, 0) is 10.4 Å². The van der Waals surface area contributed by atoms with Crippen molar-refractivity contribution < 1.29 is 23.8 Å². The first-order valence-electron chi connectivity index (χ1n) is 9.94. The summed E-state index contributed by atoms with van der Waals surface area (Å²) < 4.78 is 23.7. The maximum atomic E-state index is 13.1. The van der Waals surface area contributed by atoms with E-state index in [-0.39, 0.29) is 23.6 Å². The third-order valence-corrected chi connectivity index (χ3v) is 6.20. The molecule has 2 aliphatic rings. The Hall–Kier alpha value is -2.60. The van der Waals surface area contributed by atoms with E-state index in [0.29, 0.717) is 37.4 Å². The number of carbonyl (C=O) groups excluding carboxylic acids is 1. The number of carbonyl (C=O) groups is 1. The molecule has 1 saturated heterocycles. The molecule has 154 valence electrons. The van der Waals surface area contributed by atoms with Gasteiger partial charge in [-0.25, -0.2) is 4.39 Å². The molecule has 2 atom stereocenters. The van der Waals surface area contributed by atoms with E-state index in [0.717, 1.165) is 17.5 Å². The third-order valence-electron chi connectivity index (χ3n) is 6.20. The van der Waals surface area contributed by atoms with Crippen LogP contribution in [0.15, 0.2) is 42.5 Å². The Balaban J connectivity index is 1.40. The highest BCUT2D eigenvalue weighted by Crippen LogP contribution is 2.49. The molecular formula is C23H26FNO4. The van der Waals surface area contributed by atoms with Gasteiger partial charge in [-0.2, -0.15) is 0 Å². The number of piperidine rings is 1. The summed E-state index contributed by atoms with van der Waals surface area (Å²) in [6.07, 6.45) is 1.73. The molecule has 2 fully saturated rings. The molecule has 4 rings (SSSR count). The van der Waals surface area contributed by atoms with Crippen LogP contribution < -0.4 is 9.47 Å². The van der Waals surface area contributed by atoms with Crippen LogP contribution in [0.25, 0.3) is 0 Å². The van der Waals surface area contributed by atoms with Gasteiger partial charge in [0.25, 0.3) is 0 Å². The number of amides is 1. The van der Waals surface area contributed by atoms with Crippen LogP contribution in [0.5, 0.6) is 11.5 Å². The minimum atomic E-state index is -1.02. The number of ether oxygens (including phenoxy) is 2. The van der Waals surface area contributed by atoms with E-state index in [2.05, 4.69) is 0 Å². The molecule has 6 heteroatoms. The Bertz CT molecular complexity index is 868. The van der Waals surface area contributed by atoms with Crippen LogP contribution >= 0.6 is 0 Å². The summed E-state index contributed by atoms with van der Waals surface area (Å²) in [7, 11) is 3.16. The van der Waals surface area contributed by atoms with Gasteiger partial charge in [0.2, 0.25) is 5.91 Å². The van der Waals surface area contributed by atoms with E-state index < -0.39 is 5.60 Å². The van der Waals surface area contributed by atoms with Crippen molar-refractivity contribution in [3.05, 3.63) is 59.4 Å². The molecule has 1 N–H and O–H groups in total. The topological polar surface area (TPSA) is 59.0 Å². The number of rotatable bonds is 5. The van der Waals surface area contributed by atoms with E-state index >= 15 is 0 Å². The van der Waals surface area contributed by atoms with Crippen LogP contribution in [0, 0.1) is 11.7 Å². The van der Waals surface area contributed by atoms with Crippen LogP contribution in [0.2, 0.25) is 0 Å². The SMILES string of the molecule is COc1cc(OC)cc(C2(O)CCN(C(=O)[C@@H]3C[C@H]3c3ccc(F)cc3)CC2)c1. The lowest BCUT2D eigenvalue weighted by Crippen LogP contribution is -2.45. The van der Waals surface area contributed by atoms with Gasteiger partial charge in [0.1, 0.15) is 17.3 Å². The lowest BCUT2D eigenvalue weighted by Gasteiger charge is -2.39. The number of nitrogens with zero attached hydrogens (tertiary/aromatic N) is 1. The van der Waals surface area contributed by atoms with E-state index in [4.69, 9.17) is 9.47 Å². The lowest BCUT2D eigenvalue weighted by molar-refractivity contribution is -0.137. The van der Waals surface area contributed by atoms with Crippen molar-refractivity contribution in [3.8, 4) is 11.5 Å². The second-order valence-electron chi connectivity index (χ2n) is 7.96. The monoisotopic (exact) mass is 399 g/mol. The fourth-order valence-electron chi connectivity index (χ4n) is 4.24. The molecule has 1 aliphatic heterocycles. The van der Waals surface area contributed by atoms with Gasteiger partial charge >= 0.3 is 0 Å². The molecule has 0 aromatic heterocycles. The van der Waals surface area contributed by atoms with Gasteiger partial charge < -0.3 is 19.5 Å². The molecule has 2 aromatic rings. The minimum absolute atomic E-state index is 0.0384. The van der Waals surface area contributed by atoms with Gasteiger partial charge in [0.05, 0.1) is 19.8 Å². The first-order chi connectivity index (χ1) is 13.9. The highest BCUT2D eigenvalue weighted by atomic mass is 19.1. The van der Waals surface area contributed by atoms with E-state index in [1.807, 2.05) is 17.0 Å². The quantitative estimate of drug-likeness (QED) is 0.837. The number of methoxy groups -OCH3 is 2. The van der Waals surface area contributed by atoms with Crippen molar-refractivity contribution in [3.63, 3.8) is 0 Å². The van der Waals surface area contributed by atoms with Gasteiger partial charge in [-0.3, -0.25) is 4.79 Å². The molecule has 0 unspecified atom stereocenters. The predicted molar refractivity (Wildman–Crippen MR) is 107 cm³/mol. The molecule has 0 spiro atoms. The normalized spacial score (nSPS) is 22.8. The van der Waals surface area contributed by atoms with Crippen molar-refractivity contribution >= 4 is 5.91 Å². The average Bonchev–Trinajstić information content (AvgIpc) is 3.55. The zero-order chi connectivity index (χ0) is 20.6. The van der Waals surface area contributed by atoms with Gasteiger partial charge in [-0.15, -0.1) is 0 Å². The molecule has 2 aromatic carbocycles. The Labute approximate surface area is 170 Å². The number of hydrogen-bond donors (Lipinski definition) is 1. The number of aliphatic hydroxyl groups is 1. The van der Waals surface area contributed by atoms with Gasteiger partial charge in [-0.1, -0.05) is 12.1 Å². The van der Waals surface area contributed by atoms with Crippen molar-refractivity contribution in [2.45, 2.75) is 30.8 Å². The summed E-state index contributed by atoms with van der Waals surface area (Å²) in [4.78, 5) is 14.7. The predicted octanol–water partition coefficient (Wildman–Crippen LogP) is 3.46. The summed E-state index contributed by atoms with van der Waals surface area (Å²) in [5, 5.41) is 11.2. The summed E-state index contributed by atoms with van der Waals surface area (Å²) in [6, 6.07) is 11.8. The molecule has 5 nitrogen and oxygen atoms in total. The number of likely N-dealkylation sites (tertiary alicyclic amines) is 1. The largest absolute Gasteiger partial charge is 0.497 e. The standard InChI is InChI=1S/C23H26FNO4/c1-28-18-11-16(12-19(13-18)29-2)23(27)7-9-25(10-8-23)22(26)21-14-20(21)15-3-5-17(24)6-4-15/h3-6,11-13,20-21,27H,7-10,14H2,1-2H3/t20-,21+/m0/s1. The summed E-state index contributed by atoms with van der Waals surface area (Å²) >= 11 is 0. The van der Waals surface area contributed by atoms with Crippen LogP contribution in [0.3, 0.4) is 0 Å². The molecule has 0 bridgehead atoms. The minimum Gasteiger partial charge on any atom is -0.497 e. The maximum absolute atomic E-state index is 13.1. The van der Waals surface area contributed by atoms with Crippen molar-refractivity contribution in [2.75, 3.05) is 27.3 Å². The average molecular weight is 399 g/mol. The first kappa shape index (κ1) is 19.7. The Morgan fingerprint density at radius 1 is 1.07 bits per heavy atom. The molecule has 0 radical (unpaired) electrons. The van der Waals surface area contributed by atoms with Crippen molar-refractivity contribution in [1.29, 1.82) is 0 Å². The van der Waals surface area contributed by atoms with E-state index in [1.165, 1.54) is 12.1 Å². The highest BCUT2D eigenvalue weighted by Gasteiger charge is 2.47. The van der Waals surface area contributed by atoms with Gasteiger partial charge in [0.15, 0.2) is 0 Å². The Morgan fingerprint density at radius 2 is 1.66 bits per heavy atom. The van der Waals surface area contributed by atoms with E-state index in [9.17, 15) is 14.3 Å². The molecular weight excluding hydrogens is 373 g/mol. The van der Waals surface area contributed by atoms with Crippen molar-refractivity contribution in [2.24, 2.45) is 5.92 Å².